The van der Waals surface area contributed by atoms with E-state index in [1.54, 1.807) is 0 Å². The fourth-order valence-corrected chi connectivity index (χ4v) is 2.93. The summed E-state index contributed by atoms with van der Waals surface area (Å²) in [7, 11) is 0. The molecule has 1 aromatic carbocycles. The van der Waals surface area contributed by atoms with Crippen LogP contribution in [0.4, 0.5) is 26.3 Å². The van der Waals surface area contributed by atoms with E-state index in [-0.39, 0.29) is 11.3 Å². The van der Waals surface area contributed by atoms with Gasteiger partial charge in [-0.25, -0.2) is 0 Å². The number of rotatable bonds is 7. The van der Waals surface area contributed by atoms with Crippen LogP contribution < -0.4 is 0 Å². The van der Waals surface area contributed by atoms with Gasteiger partial charge in [0.25, 0.3) is 0 Å². The van der Waals surface area contributed by atoms with E-state index in [2.05, 4.69) is 0 Å². The third-order valence-electron chi connectivity index (χ3n) is 3.35. The molecule has 1 rings (SSSR count). The number of alkyl halides is 6. The van der Waals surface area contributed by atoms with E-state index in [0.29, 0.717) is 30.0 Å². The average molecular weight is 415 g/mol. The van der Waals surface area contributed by atoms with Gasteiger partial charge in [-0.05, 0) is 23.8 Å². The van der Waals surface area contributed by atoms with Crippen LogP contribution in [0.25, 0.3) is 6.08 Å². The van der Waals surface area contributed by atoms with E-state index < -0.39 is 47.5 Å². The fourth-order valence-electron chi connectivity index (χ4n) is 1.86. The average Bonchev–Trinajstić information content (AvgIpc) is 2.57. The van der Waals surface area contributed by atoms with Gasteiger partial charge in [0.1, 0.15) is 0 Å². The molecule has 0 bridgehead atoms. The molecule has 27 heavy (non-hydrogen) atoms. The van der Waals surface area contributed by atoms with Crippen molar-refractivity contribution in [2.45, 2.75) is 24.1 Å². The van der Waals surface area contributed by atoms with Crippen LogP contribution in [0, 0.1) is 11.3 Å². The number of aliphatic hydroxyl groups excluding tert-OH is 2. The maximum Gasteiger partial charge on any atom is 0.421 e. The fraction of sp³-hybridized carbons (Fsp3) is 0.438. The maximum absolute atomic E-state index is 13.2. The lowest BCUT2D eigenvalue weighted by atomic mass is 10.0. The highest BCUT2D eigenvalue weighted by Crippen LogP contribution is 2.36. The van der Waals surface area contributed by atoms with Crippen molar-refractivity contribution in [3.8, 4) is 6.07 Å². The predicted octanol–water partition coefficient (Wildman–Crippen LogP) is 2.97. The molecular weight excluding hydrogens is 400 g/mol. The van der Waals surface area contributed by atoms with Gasteiger partial charge in [0.2, 0.25) is 0 Å². The van der Waals surface area contributed by atoms with Crippen LogP contribution in [-0.4, -0.2) is 51.3 Å². The third-order valence-corrected chi connectivity index (χ3v) is 4.62. The summed E-state index contributed by atoms with van der Waals surface area (Å²) in [5.41, 5.74) is -5.63. The van der Waals surface area contributed by atoms with Crippen molar-refractivity contribution in [3.05, 3.63) is 41.0 Å². The first-order valence-corrected chi connectivity index (χ1v) is 8.46. The van der Waals surface area contributed by atoms with Crippen LogP contribution >= 0.6 is 11.8 Å². The molecule has 0 fully saturated rings. The number of halogens is 6. The number of nitrogens with zero attached hydrogens (tertiary/aromatic N) is 1. The van der Waals surface area contributed by atoms with Gasteiger partial charge in [0.05, 0.1) is 29.9 Å². The quantitative estimate of drug-likeness (QED) is 0.597. The molecule has 150 valence electrons. The van der Waals surface area contributed by atoms with E-state index in [1.165, 1.54) is 6.07 Å². The lowest BCUT2D eigenvalue weighted by molar-refractivity contribution is -0.230. The Balaban J connectivity index is 3.12. The van der Waals surface area contributed by atoms with Gasteiger partial charge in [0.15, 0.2) is 5.60 Å². The van der Waals surface area contributed by atoms with Gasteiger partial charge in [-0.15, -0.1) is 0 Å². The summed E-state index contributed by atoms with van der Waals surface area (Å²) in [6.45, 7) is -0.668. The van der Waals surface area contributed by atoms with Crippen molar-refractivity contribution in [2.24, 2.45) is 0 Å². The molecule has 0 aliphatic rings. The molecule has 0 aliphatic heterocycles. The first-order chi connectivity index (χ1) is 12.3. The molecule has 3 N–H and O–H groups in total. The topological polar surface area (TPSA) is 84.5 Å². The number of aliphatic hydroxyl groups is 3. The maximum atomic E-state index is 13.2. The monoisotopic (exact) mass is 415 g/mol. The van der Waals surface area contributed by atoms with Crippen molar-refractivity contribution in [1.82, 2.24) is 0 Å². The molecule has 0 saturated carbocycles. The largest absolute Gasteiger partial charge is 0.421 e. The summed E-state index contributed by atoms with van der Waals surface area (Å²) in [6, 6.07) is 3.70. The molecule has 0 spiro atoms. The number of benzene rings is 1. The molecule has 0 saturated heterocycles. The number of nitriles is 1. The van der Waals surface area contributed by atoms with Gasteiger partial charge < -0.3 is 15.3 Å². The SMILES string of the molecule is N#Cc1ccc(C=CC(O)(CSCC(O)CO)C(F)(F)F)cc1C(F)(F)F. The summed E-state index contributed by atoms with van der Waals surface area (Å²) in [6.07, 6.45) is -10.3. The first-order valence-electron chi connectivity index (χ1n) is 7.30. The highest BCUT2D eigenvalue weighted by molar-refractivity contribution is 7.99. The summed E-state index contributed by atoms with van der Waals surface area (Å²) in [4.78, 5) is 0. The number of thioether (sulfide) groups is 1. The molecule has 0 aliphatic carbocycles. The van der Waals surface area contributed by atoms with Crippen molar-refractivity contribution < 1.29 is 41.7 Å². The zero-order chi connectivity index (χ0) is 20.9. The third kappa shape index (κ3) is 6.42. The molecule has 1 aromatic rings. The molecule has 0 amide bonds. The van der Waals surface area contributed by atoms with Gasteiger partial charge in [0, 0.05) is 11.5 Å². The van der Waals surface area contributed by atoms with Crippen LogP contribution in [0.15, 0.2) is 24.3 Å². The van der Waals surface area contributed by atoms with Crippen LogP contribution in [0.2, 0.25) is 0 Å². The van der Waals surface area contributed by atoms with E-state index in [0.717, 1.165) is 12.1 Å². The van der Waals surface area contributed by atoms with Crippen molar-refractivity contribution in [1.29, 1.82) is 5.26 Å². The van der Waals surface area contributed by atoms with E-state index in [4.69, 9.17) is 15.5 Å². The Bertz CT molecular complexity index is 714. The molecule has 0 aromatic heterocycles. The minimum atomic E-state index is -5.12. The van der Waals surface area contributed by atoms with Crippen molar-refractivity contribution in [2.75, 3.05) is 18.1 Å². The molecule has 2 atom stereocenters. The Morgan fingerprint density at radius 1 is 1.19 bits per heavy atom. The smallest absolute Gasteiger partial charge is 0.394 e. The molecule has 2 unspecified atom stereocenters. The lowest BCUT2D eigenvalue weighted by Crippen LogP contribution is -2.46. The Labute approximate surface area is 154 Å². The van der Waals surface area contributed by atoms with Crippen molar-refractivity contribution in [3.63, 3.8) is 0 Å². The van der Waals surface area contributed by atoms with Crippen molar-refractivity contribution >= 4 is 17.8 Å². The van der Waals surface area contributed by atoms with Gasteiger partial charge in [-0.3, -0.25) is 0 Å². The Kier molecular flexibility index (Phi) is 7.74. The van der Waals surface area contributed by atoms with Crippen LogP contribution in [-0.2, 0) is 6.18 Å². The lowest BCUT2D eigenvalue weighted by Gasteiger charge is -2.27. The zero-order valence-corrected chi connectivity index (χ0v) is 14.4. The van der Waals surface area contributed by atoms with Gasteiger partial charge in [-0.1, -0.05) is 12.1 Å². The second-order valence-corrected chi connectivity index (χ2v) is 6.55. The Morgan fingerprint density at radius 2 is 1.81 bits per heavy atom. The number of hydrogen-bond acceptors (Lipinski definition) is 5. The van der Waals surface area contributed by atoms with Crippen LogP contribution in [0.3, 0.4) is 0 Å². The summed E-state index contributed by atoms with van der Waals surface area (Å²) < 4.78 is 78.2. The minimum Gasteiger partial charge on any atom is -0.394 e. The molecule has 0 heterocycles. The molecular formula is C16H15F6NO3S. The zero-order valence-electron chi connectivity index (χ0n) is 13.6. The second kappa shape index (κ2) is 8.97. The predicted molar refractivity (Wildman–Crippen MR) is 86.6 cm³/mol. The second-order valence-electron chi connectivity index (χ2n) is 5.52. The van der Waals surface area contributed by atoms with Gasteiger partial charge >= 0.3 is 12.4 Å². The standard InChI is InChI=1S/C16H15F6NO3S/c17-15(18,19)13-5-10(1-2-11(13)6-23)3-4-14(26,16(20,21)22)9-27-8-12(25)7-24/h1-5,12,24-26H,7-9H2. The molecule has 11 heteroatoms. The molecule has 4 nitrogen and oxygen atoms in total. The van der Waals surface area contributed by atoms with Crippen LogP contribution in [0.1, 0.15) is 16.7 Å². The van der Waals surface area contributed by atoms with Crippen LogP contribution in [0.5, 0.6) is 0 Å². The van der Waals surface area contributed by atoms with E-state index in [1.807, 2.05) is 0 Å². The van der Waals surface area contributed by atoms with Gasteiger partial charge in [-0.2, -0.15) is 43.4 Å². The Hall–Kier alpha value is -1.74. The van der Waals surface area contributed by atoms with E-state index in [9.17, 15) is 31.4 Å². The van der Waals surface area contributed by atoms with E-state index >= 15 is 0 Å². The number of hydrogen-bond donors (Lipinski definition) is 3. The summed E-state index contributed by atoms with van der Waals surface area (Å²) >= 11 is 0.514. The summed E-state index contributed by atoms with van der Waals surface area (Å²) in [5, 5.41) is 36.3. The minimum absolute atomic E-state index is 0.280. The first kappa shape index (κ1) is 23.3. The summed E-state index contributed by atoms with van der Waals surface area (Å²) in [5.74, 6) is -1.22. The molecule has 0 radical (unpaired) electrons. The Morgan fingerprint density at radius 3 is 2.30 bits per heavy atom. The normalized spacial score (nSPS) is 16.1. The highest BCUT2D eigenvalue weighted by Gasteiger charge is 2.51. The highest BCUT2D eigenvalue weighted by atomic mass is 32.2.